The van der Waals surface area contributed by atoms with Crippen LogP contribution in [0.15, 0.2) is 30.3 Å². The van der Waals surface area contributed by atoms with Crippen LogP contribution in [0.1, 0.15) is 19.4 Å². The Balaban J connectivity index is 2.51. The van der Waals surface area contributed by atoms with Gasteiger partial charge in [0, 0.05) is 6.54 Å². The Morgan fingerprint density at radius 2 is 1.83 bits per heavy atom. The number of hydrogen-bond donors (Lipinski definition) is 1. The van der Waals surface area contributed by atoms with Gasteiger partial charge in [-0.05, 0) is 18.7 Å². The molecule has 0 atom stereocenters. The zero-order chi connectivity index (χ0) is 13.4. The van der Waals surface area contributed by atoms with Crippen LogP contribution in [-0.4, -0.2) is 37.0 Å². The van der Waals surface area contributed by atoms with Gasteiger partial charge in [0.05, 0.1) is 13.1 Å². The summed E-state index contributed by atoms with van der Waals surface area (Å²) in [4.78, 5) is 1.77. The summed E-state index contributed by atoms with van der Waals surface area (Å²) in [6.45, 7) is 5.04. The molecule has 1 aromatic carbocycles. The highest BCUT2D eigenvalue weighted by Crippen LogP contribution is 2.16. The largest absolute Gasteiger partial charge is 0.311 e. The summed E-state index contributed by atoms with van der Waals surface area (Å²) >= 11 is 0. The Labute approximate surface area is 108 Å². The molecule has 18 heavy (non-hydrogen) atoms. The zero-order valence-electron chi connectivity index (χ0n) is 11.1. The molecule has 1 N–H and O–H groups in total. The second kappa shape index (κ2) is 7.44. The number of nitrogens with one attached hydrogen (secondary N) is 1. The molecule has 0 radical (unpaired) electrons. The lowest BCUT2D eigenvalue weighted by Gasteiger charge is -2.26. The molecule has 0 saturated heterocycles. The molecule has 0 aliphatic rings. The van der Waals surface area contributed by atoms with E-state index in [1.54, 1.807) is 4.90 Å². The van der Waals surface area contributed by atoms with Gasteiger partial charge in [-0.1, -0.05) is 44.2 Å². The van der Waals surface area contributed by atoms with Crippen molar-refractivity contribution in [2.45, 2.75) is 26.3 Å². The predicted molar refractivity (Wildman–Crippen MR) is 70.9 cm³/mol. The molecule has 0 aliphatic carbocycles. The highest BCUT2D eigenvalue weighted by molar-refractivity contribution is 5.14. The molecule has 1 aromatic rings. The molecule has 0 heterocycles. The molecule has 4 heteroatoms. The van der Waals surface area contributed by atoms with Crippen molar-refractivity contribution in [1.82, 2.24) is 10.2 Å². The average Bonchev–Trinajstić information content (AvgIpc) is 2.36. The molecule has 1 rings (SSSR count). The minimum Gasteiger partial charge on any atom is -0.311 e. The van der Waals surface area contributed by atoms with Gasteiger partial charge in [-0.3, -0.25) is 4.90 Å². The van der Waals surface area contributed by atoms with Crippen molar-refractivity contribution in [3.63, 3.8) is 0 Å². The maximum atomic E-state index is 13.6. The smallest absolute Gasteiger partial charge is 0.272 e. The van der Waals surface area contributed by atoms with Crippen LogP contribution in [0.2, 0.25) is 0 Å². The SMILES string of the molecule is CCNCC(F)(F)CN(CC)Cc1ccccc1. The molecule has 2 nitrogen and oxygen atoms in total. The van der Waals surface area contributed by atoms with E-state index in [0.717, 1.165) is 5.56 Å². The van der Waals surface area contributed by atoms with Crippen molar-refractivity contribution in [2.24, 2.45) is 0 Å². The maximum Gasteiger partial charge on any atom is 0.272 e. The van der Waals surface area contributed by atoms with E-state index < -0.39 is 5.92 Å². The van der Waals surface area contributed by atoms with Crippen LogP contribution < -0.4 is 5.32 Å². The van der Waals surface area contributed by atoms with E-state index in [0.29, 0.717) is 19.6 Å². The lowest BCUT2D eigenvalue weighted by Crippen LogP contribution is -2.43. The van der Waals surface area contributed by atoms with E-state index in [9.17, 15) is 8.78 Å². The first-order valence-electron chi connectivity index (χ1n) is 6.42. The molecule has 0 saturated carbocycles. The second-order valence-corrected chi connectivity index (χ2v) is 4.43. The van der Waals surface area contributed by atoms with Crippen LogP contribution in [0.4, 0.5) is 8.78 Å². The quantitative estimate of drug-likeness (QED) is 0.769. The van der Waals surface area contributed by atoms with E-state index in [1.807, 2.05) is 44.2 Å². The van der Waals surface area contributed by atoms with E-state index >= 15 is 0 Å². The lowest BCUT2D eigenvalue weighted by molar-refractivity contribution is -0.0310. The summed E-state index contributed by atoms with van der Waals surface area (Å²) in [7, 11) is 0. The van der Waals surface area contributed by atoms with E-state index in [2.05, 4.69) is 5.32 Å². The summed E-state index contributed by atoms with van der Waals surface area (Å²) in [6, 6.07) is 9.72. The van der Waals surface area contributed by atoms with Crippen LogP contribution in [0.3, 0.4) is 0 Å². The zero-order valence-corrected chi connectivity index (χ0v) is 11.1. The third kappa shape index (κ3) is 5.56. The molecule has 0 aromatic heterocycles. The first kappa shape index (κ1) is 15.1. The van der Waals surface area contributed by atoms with Crippen molar-refractivity contribution in [1.29, 1.82) is 0 Å². The van der Waals surface area contributed by atoms with Crippen molar-refractivity contribution in [3.8, 4) is 0 Å². The average molecular weight is 256 g/mol. The van der Waals surface area contributed by atoms with Gasteiger partial charge in [-0.25, -0.2) is 8.78 Å². The minimum atomic E-state index is -2.68. The van der Waals surface area contributed by atoms with Gasteiger partial charge in [0.15, 0.2) is 0 Å². The predicted octanol–water partition coefficient (Wildman–Crippen LogP) is 2.75. The first-order valence-corrected chi connectivity index (χ1v) is 6.42. The number of nitrogens with zero attached hydrogens (tertiary/aromatic N) is 1. The topological polar surface area (TPSA) is 15.3 Å². The number of alkyl halides is 2. The standard InChI is InChI=1S/C14H22F2N2/c1-3-17-11-14(15,16)12-18(4-2)10-13-8-6-5-7-9-13/h5-9,17H,3-4,10-12H2,1-2H3. The molecular weight excluding hydrogens is 234 g/mol. The van der Waals surface area contributed by atoms with Crippen LogP contribution in [-0.2, 0) is 6.54 Å². The van der Waals surface area contributed by atoms with Gasteiger partial charge in [-0.15, -0.1) is 0 Å². The van der Waals surface area contributed by atoms with Crippen molar-refractivity contribution >= 4 is 0 Å². The highest BCUT2D eigenvalue weighted by atomic mass is 19.3. The van der Waals surface area contributed by atoms with Crippen LogP contribution in [0.25, 0.3) is 0 Å². The van der Waals surface area contributed by atoms with Crippen molar-refractivity contribution < 1.29 is 8.78 Å². The summed E-state index contributed by atoms with van der Waals surface area (Å²) in [5.74, 6) is -2.68. The summed E-state index contributed by atoms with van der Waals surface area (Å²) < 4.78 is 27.3. The van der Waals surface area contributed by atoms with Gasteiger partial charge in [0.1, 0.15) is 0 Å². The Kier molecular flexibility index (Phi) is 6.22. The Morgan fingerprint density at radius 3 is 2.39 bits per heavy atom. The third-order valence-electron chi connectivity index (χ3n) is 2.78. The van der Waals surface area contributed by atoms with Gasteiger partial charge in [0.25, 0.3) is 5.92 Å². The Hall–Kier alpha value is -1.00. The van der Waals surface area contributed by atoms with Crippen LogP contribution in [0.5, 0.6) is 0 Å². The highest BCUT2D eigenvalue weighted by Gasteiger charge is 2.30. The molecule has 0 unspecified atom stereocenters. The summed E-state index contributed by atoms with van der Waals surface area (Å²) in [5.41, 5.74) is 1.07. The monoisotopic (exact) mass is 256 g/mol. The van der Waals surface area contributed by atoms with Gasteiger partial charge < -0.3 is 5.32 Å². The fourth-order valence-electron chi connectivity index (χ4n) is 1.81. The lowest BCUT2D eigenvalue weighted by atomic mass is 10.2. The fraction of sp³-hybridized carbons (Fsp3) is 0.571. The van der Waals surface area contributed by atoms with Gasteiger partial charge in [-0.2, -0.15) is 0 Å². The number of hydrogen-bond acceptors (Lipinski definition) is 2. The summed E-state index contributed by atoms with van der Waals surface area (Å²) in [5, 5.41) is 2.71. The molecule has 0 bridgehead atoms. The third-order valence-corrected chi connectivity index (χ3v) is 2.78. The van der Waals surface area contributed by atoms with Crippen molar-refractivity contribution in [2.75, 3.05) is 26.2 Å². The normalized spacial score (nSPS) is 12.1. The molecular formula is C14H22F2N2. The number of benzene rings is 1. The Morgan fingerprint density at radius 1 is 1.17 bits per heavy atom. The minimum absolute atomic E-state index is 0.203. The number of halogens is 2. The fourth-order valence-corrected chi connectivity index (χ4v) is 1.81. The first-order chi connectivity index (χ1) is 8.57. The molecule has 0 fully saturated rings. The van der Waals surface area contributed by atoms with Crippen LogP contribution in [0, 0.1) is 0 Å². The molecule has 0 amide bonds. The van der Waals surface area contributed by atoms with Crippen LogP contribution >= 0.6 is 0 Å². The van der Waals surface area contributed by atoms with Gasteiger partial charge >= 0.3 is 0 Å². The van der Waals surface area contributed by atoms with Crippen molar-refractivity contribution in [3.05, 3.63) is 35.9 Å². The number of rotatable bonds is 8. The molecule has 0 aliphatic heterocycles. The molecule has 0 spiro atoms. The maximum absolute atomic E-state index is 13.6. The Bertz CT molecular complexity index is 328. The van der Waals surface area contributed by atoms with E-state index in [1.165, 1.54) is 0 Å². The molecule has 102 valence electrons. The second-order valence-electron chi connectivity index (χ2n) is 4.43. The van der Waals surface area contributed by atoms with Gasteiger partial charge in [0.2, 0.25) is 0 Å². The summed E-state index contributed by atoms with van der Waals surface area (Å²) in [6.07, 6.45) is 0. The van der Waals surface area contributed by atoms with E-state index in [-0.39, 0.29) is 13.1 Å². The van der Waals surface area contributed by atoms with E-state index in [4.69, 9.17) is 0 Å².